The molecule has 0 spiro atoms. The van der Waals surface area contributed by atoms with Gasteiger partial charge in [-0.15, -0.1) is 5.06 Å². The van der Waals surface area contributed by atoms with Crippen molar-refractivity contribution in [2.24, 2.45) is 17.8 Å². The van der Waals surface area contributed by atoms with Gasteiger partial charge in [-0.2, -0.15) is 0 Å². The number of amides is 2. The Balaban J connectivity index is 1.99. The minimum absolute atomic E-state index is 0.138. The van der Waals surface area contributed by atoms with Gasteiger partial charge in [0.25, 0.3) is 11.8 Å². The summed E-state index contributed by atoms with van der Waals surface area (Å²) in [6.07, 6.45) is -6.45. The van der Waals surface area contributed by atoms with Crippen LogP contribution in [-0.2, 0) is 38.2 Å². The molecular weight excluding hydrogens is 486 g/mol. The monoisotopic (exact) mass is 519 g/mol. The van der Waals surface area contributed by atoms with Crippen LogP contribution in [-0.4, -0.2) is 65.5 Å². The highest BCUT2D eigenvalue weighted by molar-refractivity contribution is 6.20. The van der Waals surface area contributed by atoms with Crippen molar-refractivity contribution in [3.05, 3.63) is 35.4 Å². The van der Waals surface area contributed by atoms with Crippen molar-refractivity contribution in [1.29, 1.82) is 0 Å². The molecule has 2 heterocycles. The lowest BCUT2D eigenvalue weighted by molar-refractivity contribution is -0.337. The fourth-order valence-corrected chi connectivity index (χ4v) is 3.66. The number of ether oxygens (including phenoxy) is 4. The maximum Gasteiger partial charge on any atom is 0.308 e. The summed E-state index contributed by atoms with van der Waals surface area (Å²) in [4.78, 5) is 69.3. The van der Waals surface area contributed by atoms with E-state index >= 15 is 0 Å². The summed E-state index contributed by atoms with van der Waals surface area (Å²) in [5, 5.41) is 0.528. The van der Waals surface area contributed by atoms with Crippen LogP contribution in [0.4, 0.5) is 0 Å². The number of hydrogen-bond donors (Lipinski definition) is 0. The average Bonchev–Trinajstić information content (AvgIpc) is 3.07. The quantitative estimate of drug-likeness (QED) is 0.287. The Kier molecular flexibility index (Phi) is 8.70. The molecule has 11 nitrogen and oxygen atoms in total. The van der Waals surface area contributed by atoms with Gasteiger partial charge in [-0.1, -0.05) is 53.7 Å². The highest BCUT2D eigenvalue weighted by Gasteiger charge is 2.54. The first-order valence-corrected chi connectivity index (χ1v) is 12.2. The molecule has 0 unspecified atom stereocenters. The highest BCUT2D eigenvalue weighted by atomic mass is 16.8. The van der Waals surface area contributed by atoms with Gasteiger partial charge in [0.15, 0.2) is 18.3 Å². The maximum absolute atomic E-state index is 12.9. The van der Waals surface area contributed by atoms with Gasteiger partial charge in [0.2, 0.25) is 6.29 Å². The molecule has 0 bridgehead atoms. The molecule has 1 fully saturated rings. The van der Waals surface area contributed by atoms with Gasteiger partial charge >= 0.3 is 17.9 Å². The molecule has 2 aliphatic heterocycles. The van der Waals surface area contributed by atoms with E-state index in [0.29, 0.717) is 5.06 Å². The molecule has 0 aromatic heterocycles. The summed E-state index contributed by atoms with van der Waals surface area (Å²) < 4.78 is 22.8. The molecule has 37 heavy (non-hydrogen) atoms. The molecule has 0 radical (unpaired) electrons. The Bertz CT molecular complexity index is 1030. The molecule has 3 rings (SSSR count). The third-order valence-electron chi connectivity index (χ3n) is 5.86. The third kappa shape index (κ3) is 5.99. The lowest BCUT2D eigenvalue weighted by Gasteiger charge is -2.44. The fourth-order valence-electron chi connectivity index (χ4n) is 3.66. The van der Waals surface area contributed by atoms with Crippen molar-refractivity contribution in [3.63, 3.8) is 0 Å². The van der Waals surface area contributed by atoms with Gasteiger partial charge in [0.1, 0.15) is 0 Å². The summed E-state index contributed by atoms with van der Waals surface area (Å²) in [5.74, 6) is -5.01. The molecule has 202 valence electrons. The molecule has 2 amide bonds. The number of carbonyl (C=O) groups excluding carboxylic acids is 5. The van der Waals surface area contributed by atoms with Gasteiger partial charge in [-0.05, 0) is 19.1 Å². The zero-order valence-corrected chi connectivity index (χ0v) is 22.0. The SMILES string of the molecule is CC(C)C(=O)O[C@H]1[C@H](OC(=O)C(C)C)[C@@H](ON2C(=O)c3ccccc3C2=O)O[C@@H](C)[C@H]1OC(=O)C(C)C. The van der Waals surface area contributed by atoms with E-state index in [0.717, 1.165) is 0 Å². The Morgan fingerprint density at radius 3 is 1.57 bits per heavy atom. The highest BCUT2D eigenvalue weighted by Crippen LogP contribution is 2.33. The van der Waals surface area contributed by atoms with Crippen molar-refractivity contribution < 1.29 is 47.8 Å². The molecule has 11 heteroatoms. The second-order valence-corrected chi connectivity index (χ2v) is 9.93. The lowest BCUT2D eigenvalue weighted by Crippen LogP contribution is -2.63. The first-order valence-electron chi connectivity index (χ1n) is 12.2. The minimum Gasteiger partial charge on any atom is -0.455 e. The van der Waals surface area contributed by atoms with Crippen LogP contribution >= 0.6 is 0 Å². The van der Waals surface area contributed by atoms with Gasteiger partial charge in [0.05, 0.1) is 35.0 Å². The number of nitrogens with zero attached hydrogens (tertiary/aromatic N) is 1. The van der Waals surface area contributed by atoms with Gasteiger partial charge in [-0.3, -0.25) is 24.0 Å². The van der Waals surface area contributed by atoms with Crippen molar-refractivity contribution >= 4 is 29.7 Å². The number of esters is 3. The largest absolute Gasteiger partial charge is 0.455 e. The van der Waals surface area contributed by atoms with E-state index in [-0.39, 0.29) is 11.1 Å². The average molecular weight is 520 g/mol. The molecule has 1 saturated heterocycles. The van der Waals surface area contributed by atoms with E-state index in [2.05, 4.69) is 0 Å². The molecule has 0 aliphatic carbocycles. The predicted molar refractivity (Wildman–Crippen MR) is 127 cm³/mol. The lowest BCUT2D eigenvalue weighted by atomic mass is 9.98. The number of imide groups is 1. The van der Waals surface area contributed by atoms with Gasteiger partial charge in [0, 0.05) is 0 Å². The van der Waals surface area contributed by atoms with E-state index in [1.807, 2.05) is 0 Å². The van der Waals surface area contributed by atoms with Crippen LogP contribution in [0.2, 0.25) is 0 Å². The summed E-state index contributed by atoms with van der Waals surface area (Å²) in [6, 6.07) is 6.17. The number of fused-ring (bicyclic) bond motifs is 1. The smallest absolute Gasteiger partial charge is 0.308 e. The topological polar surface area (TPSA) is 135 Å². The Morgan fingerprint density at radius 1 is 0.730 bits per heavy atom. The number of hydroxylamine groups is 2. The first-order chi connectivity index (χ1) is 17.3. The molecule has 2 aliphatic rings. The summed E-state index contributed by atoms with van der Waals surface area (Å²) >= 11 is 0. The Morgan fingerprint density at radius 2 is 1.14 bits per heavy atom. The van der Waals surface area contributed by atoms with E-state index < -0.39 is 78.2 Å². The first kappa shape index (κ1) is 28.3. The Hall–Kier alpha value is -3.31. The summed E-state index contributed by atoms with van der Waals surface area (Å²) in [5.41, 5.74) is 0.275. The second-order valence-electron chi connectivity index (χ2n) is 9.93. The molecule has 1 aromatic rings. The zero-order chi connectivity index (χ0) is 27.6. The van der Waals surface area contributed by atoms with E-state index in [4.69, 9.17) is 23.8 Å². The van der Waals surface area contributed by atoms with Crippen LogP contribution < -0.4 is 0 Å². The third-order valence-corrected chi connectivity index (χ3v) is 5.86. The molecule has 1 aromatic carbocycles. The van der Waals surface area contributed by atoms with E-state index in [1.54, 1.807) is 60.6 Å². The van der Waals surface area contributed by atoms with Crippen LogP contribution in [0.3, 0.4) is 0 Å². The van der Waals surface area contributed by atoms with Crippen molar-refractivity contribution in [3.8, 4) is 0 Å². The van der Waals surface area contributed by atoms with Crippen molar-refractivity contribution in [2.75, 3.05) is 0 Å². The van der Waals surface area contributed by atoms with E-state index in [9.17, 15) is 24.0 Å². The zero-order valence-electron chi connectivity index (χ0n) is 22.0. The minimum atomic E-state index is -1.54. The summed E-state index contributed by atoms with van der Waals surface area (Å²) in [7, 11) is 0. The van der Waals surface area contributed by atoms with Crippen LogP contribution in [0.25, 0.3) is 0 Å². The Labute approximate surface area is 215 Å². The van der Waals surface area contributed by atoms with Crippen LogP contribution in [0, 0.1) is 17.8 Å². The fraction of sp³-hybridized carbons (Fsp3) is 0.577. The normalized spacial score (nSPS) is 25.5. The van der Waals surface area contributed by atoms with Crippen LogP contribution in [0.1, 0.15) is 69.2 Å². The number of carbonyl (C=O) groups is 5. The standard InChI is InChI=1S/C26H33NO10/c1-12(2)23(30)34-18-15(7)33-26(37-27-21(28)16-10-8-9-11-17(16)22(27)29)20(36-25(32)14(5)6)19(18)35-24(31)13(3)4/h8-15,18-20,26H,1-7H3/t15-,18+,19+,20-,26+/m0/s1. The molecular formula is C26H33NO10. The van der Waals surface area contributed by atoms with Crippen LogP contribution in [0.15, 0.2) is 24.3 Å². The predicted octanol–water partition coefficient (Wildman–Crippen LogP) is 2.66. The number of rotatable bonds is 8. The second kappa shape index (κ2) is 11.4. The van der Waals surface area contributed by atoms with Crippen molar-refractivity contribution in [2.45, 2.75) is 79.2 Å². The van der Waals surface area contributed by atoms with Gasteiger partial charge in [-0.25, -0.2) is 4.84 Å². The number of benzene rings is 1. The molecule has 5 atom stereocenters. The number of hydrogen-bond acceptors (Lipinski definition) is 10. The molecule has 0 saturated carbocycles. The van der Waals surface area contributed by atoms with E-state index in [1.165, 1.54) is 12.1 Å². The van der Waals surface area contributed by atoms with Crippen LogP contribution in [0.5, 0.6) is 0 Å². The maximum atomic E-state index is 12.9. The van der Waals surface area contributed by atoms with Gasteiger partial charge < -0.3 is 18.9 Å². The summed E-state index contributed by atoms with van der Waals surface area (Å²) in [6.45, 7) is 11.2. The molecule has 0 N–H and O–H groups in total. The van der Waals surface area contributed by atoms with Crippen molar-refractivity contribution in [1.82, 2.24) is 5.06 Å².